The molecular weight excluding hydrogens is 409 g/mol. The molecule has 2 heterocycles. The molecule has 0 radical (unpaired) electrons. The normalized spacial score (nSPS) is 10.9. The van der Waals surface area contributed by atoms with E-state index in [0.717, 1.165) is 16.8 Å². The Kier molecular flexibility index (Phi) is 4.49. The van der Waals surface area contributed by atoms with Gasteiger partial charge in [-0.15, -0.1) is 0 Å². The van der Waals surface area contributed by atoms with Gasteiger partial charge in [-0.05, 0) is 36.8 Å². The van der Waals surface area contributed by atoms with Crippen LogP contribution in [0.15, 0.2) is 71.3 Å². The lowest BCUT2D eigenvalue weighted by Gasteiger charge is -2.09. The zero-order valence-corrected chi connectivity index (χ0v) is 16.0. The van der Waals surface area contributed by atoms with Crippen LogP contribution in [0.2, 0.25) is 0 Å². The van der Waals surface area contributed by atoms with Crippen molar-refractivity contribution in [1.82, 2.24) is 9.38 Å². The van der Waals surface area contributed by atoms with E-state index in [9.17, 15) is 9.18 Å². The number of carbonyl (C=O) groups is 1. The van der Waals surface area contributed by atoms with Crippen molar-refractivity contribution < 1.29 is 9.18 Å². The van der Waals surface area contributed by atoms with Crippen LogP contribution in [0.5, 0.6) is 0 Å². The van der Waals surface area contributed by atoms with Crippen molar-refractivity contribution >= 4 is 33.3 Å². The summed E-state index contributed by atoms with van der Waals surface area (Å²) in [6.45, 7) is 1.96. The van der Waals surface area contributed by atoms with E-state index in [4.69, 9.17) is 4.98 Å². The Morgan fingerprint density at radius 3 is 2.63 bits per heavy atom. The average Bonchev–Trinajstić information content (AvgIpc) is 3.02. The fourth-order valence-electron chi connectivity index (χ4n) is 2.97. The van der Waals surface area contributed by atoms with Gasteiger partial charge in [-0.2, -0.15) is 0 Å². The molecule has 1 amide bonds. The third-order valence-electron chi connectivity index (χ3n) is 4.30. The van der Waals surface area contributed by atoms with Crippen LogP contribution in [-0.4, -0.2) is 15.3 Å². The van der Waals surface area contributed by atoms with Crippen molar-refractivity contribution in [2.45, 2.75) is 6.92 Å². The maximum Gasteiger partial charge on any atom is 0.259 e. The summed E-state index contributed by atoms with van der Waals surface area (Å²) in [6.07, 6.45) is 1.83. The number of hydrogen-bond donors (Lipinski definition) is 1. The Morgan fingerprint density at radius 2 is 1.89 bits per heavy atom. The minimum Gasteiger partial charge on any atom is -0.306 e. The number of amides is 1. The van der Waals surface area contributed by atoms with E-state index >= 15 is 0 Å². The molecule has 6 heteroatoms. The molecule has 27 heavy (non-hydrogen) atoms. The lowest BCUT2D eigenvalue weighted by atomic mass is 10.1. The second kappa shape index (κ2) is 6.96. The molecule has 4 rings (SSSR count). The number of nitrogens with one attached hydrogen (secondary N) is 1. The maximum absolute atomic E-state index is 14.2. The number of aryl methyl sites for hydroxylation is 1. The van der Waals surface area contributed by atoms with Gasteiger partial charge in [-0.1, -0.05) is 52.3 Å². The number of fused-ring (bicyclic) bond motifs is 1. The van der Waals surface area contributed by atoms with Crippen LogP contribution in [0.1, 0.15) is 15.9 Å². The van der Waals surface area contributed by atoms with Gasteiger partial charge in [-0.25, -0.2) is 9.37 Å². The van der Waals surface area contributed by atoms with Gasteiger partial charge >= 0.3 is 0 Å². The largest absolute Gasteiger partial charge is 0.306 e. The third kappa shape index (κ3) is 3.24. The number of hydrogen-bond acceptors (Lipinski definition) is 2. The first-order chi connectivity index (χ1) is 13.0. The van der Waals surface area contributed by atoms with Gasteiger partial charge in [0.15, 0.2) is 0 Å². The van der Waals surface area contributed by atoms with Crippen LogP contribution in [0.4, 0.5) is 10.2 Å². The molecule has 0 bridgehead atoms. The number of rotatable bonds is 3. The molecule has 2 aromatic heterocycles. The van der Waals surface area contributed by atoms with Crippen molar-refractivity contribution in [3.05, 3.63) is 88.3 Å². The monoisotopic (exact) mass is 423 g/mol. The van der Waals surface area contributed by atoms with E-state index in [1.807, 2.05) is 60.0 Å². The van der Waals surface area contributed by atoms with Crippen LogP contribution < -0.4 is 5.32 Å². The summed E-state index contributed by atoms with van der Waals surface area (Å²) in [5, 5.41) is 2.84. The van der Waals surface area contributed by atoms with Crippen molar-refractivity contribution in [3.8, 4) is 11.3 Å². The Bertz CT molecular complexity index is 1160. The summed E-state index contributed by atoms with van der Waals surface area (Å²) < 4.78 is 16.6. The highest BCUT2D eigenvalue weighted by molar-refractivity contribution is 9.10. The molecule has 0 spiro atoms. The van der Waals surface area contributed by atoms with Gasteiger partial charge in [0.2, 0.25) is 0 Å². The topological polar surface area (TPSA) is 46.4 Å². The van der Waals surface area contributed by atoms with Crippen LogP contribution in [0, 0.1) is 12.7 Å². The SMILES string of the molecule is Cc1cccn2c(NC(=O)c3ccc(Br)cc3F)c(-c3ccccc3)nc12. The zero-order chi connectivity index (χ0) is 19.0. The first-order valence-electron chi connectivity index (χ1n) is 8.34. The second-order valence-corrected chi connectivity index (χ2v) is 7.05. The van der Waals surface area contributed by atoms with Crippen molar-refractivity contribution in [3.63, 3.8) is 0 Å². The van der Waals surface area contributed by atoms with Crippen molar-refractivity contribution in [2.75, 3.05) is 5.32 Å². The molecule has 4 aromatic rings. The smallest absolute Gasteiger partial charge is 0.259 e. The molecule has 0 atom stereocenters. The fourth-order valence-corrected chi connectivity index (χ4v) is 3.30. The predicted molar refractivity (Wildman–Crippen MR) is 107 cm³/mol. The number of aromatic nitrogens is 2. The first-order valence-corrected chi connectivity index (χ1v) is 9.13. The number of carbonyl (C=O) groups excluding carboxylic acids is 1. The van der Waals surface area contributed by atoms with Gasteiger partial charge in [-0.3, -0.25) is 9.20 Å². The number of imidazole rings is 1. The van der Waals surface area contributed by atoms with Crippen LogP contribution in [-0.2, 0) is 0 Å². The fraction of sp³-hybridized carbons (Fsp3) is 0.0476. The quantitative estimate of drug-likeness (QED) is 0.475. The highest BCUT2D eigenvalue weighted by atomic mass is 79.9. The number of pyridine rings is 1. The molecule has 0 saturated heterocycles. The molecule has 0 aliphatic carbocycles. The van der Waals surface area contributed by atoms with Crippen LogP contribution in [0.25, 0.3) is 16.9 Å². The van der Waals surface area contributed by atoms with E-state index in [1.165, 1.54) is 12.1 Å². The van der Waals surface area contributed by atoms with Gasteiger partial charge in [0, 0.05) is 16.2 Å². The Hall–Kier alpha value is -2.99. The number of anilines is 1. The average molecular weight is 424 g/mol. The van der Waals surface area contributed by atoms with Crippen LogP contribution >= 0.6 is 15.9 Å². The molecule has 0 aliphatic rings. The molecule has 0 saturated carbocycles. The molecule has 2 aromatic carbocycles. The summed E-state index contributed by atoms with van der Waals surface area (Å²) in [5.74, 6) is -0.610. The number of nitrogens with zero attached hydrogens (tertiary/aromatic N) is 2. The standard InChI is InChI=1S/C21H15BrFN3O/c1-13-6-5-11-26-19(13)24-18(14-7-3-2-4-8-14)20(26)25-21(27)16-10-9-15(22)12-17(16)23/h2-12H,1H3,(H,25,27). The highest BCUT2D eigenvalue weighted by Crippen LogP contribution is 2.30. The lowest BCUT2D eigenvalue weighted by Crippen LogP contribution is -2.15. The van der Waals surface area contributed by atoms with E-state index in [0.29, 0.717) is 16.0 Å². The Morgan fingerprint density at radius 1 is 1.11 bits per heavy atom. The minimum atomic E-state index is -0.590. The summed E-state index contributed by atoms with van der Waals surface area (Å²) in [7, 11) is 0. The summed E-state index contributed by atoms with van der Waals surface area (Å²) in [5.41, 5.74) is 3.19. The lowest BCUT2D eigenvalue weighted by molar-refractivity contribution is 0.102. The predicted octanol–water partition coefficient (Wildman–Crippen LogP) is 5.46. The molecule has 134 valence electrons. The minimum absolute atomic E-state index is 0.0279. The first kappa shape index (κ1) is 17.4. The second-order valence-electron chi connectivity index (χ2n) is 6.14. The van der Waals surface area contributed by atoms with E-state index < -0.39 is 11.7 Å². The van der Waals surface area contributed by atoms with Crippen molar-refractivity contribution in [2.24, 2.45) is 0 Å². The van der Waals surface area contributed by atoms with Gasteiger partial charge in [0.05, 0.1) is 5.56 Å². The van der Waals surface area contributed by atoms with E-state index in [-0.39, 0.29) is 5.56 Å². The van der Waals surface area contributed by atoms with Gasteiger partial charge in [0.25, 0.3) is 5.91 Å². The third-order valence-corrected chi connectivity index (χ3v) is 4.79. The van der Waals surface area contributed by atoms with Crippen LogP contribution in [0.3, 0.4) is 0 Å². The molecule has 1 N–H and O–H groups in total. The zero-order valence-electron chi connectivity index (χ0n) is 14.4. The van der Waals surface area contributed by atoms with E-state index in [1.54, 1.807) is 6.07 Å². The summed E-state index contributed by atoms with van der Waals surface area (Å²) in [4.78, 5) is 17.5. The Balaban J connectivity index is 1.85. The molecule has 0 unspecified atom stereocenters. The maximum atomic E-state index is 14.2. The molecule has 0 aliphatic heterocycles. The molecule has 0 fully saturated rings. The highest BCUT2D eigenvalue weighted by Gasteiger charge is 2.19. The molecule has 4 nitrogen and oxygen atoms in total. The summed E-state index contributed by atoms with van der Waals surface area (Å²) >= 11 is 3.20. The van der Waals surface area contributed by atoms with Gasteiger partial charge in [0.1, 0.15) is 23.0 Å². The number of halogens is 2. The van der Waals surface area contributed by atoms with E-state index in [2.05, 4.69) is 21.2 Å². The summed E-state index contributed by atoms with van der Waals surface area (Å²) in [6, 6.07) is 17.8. The Labute approximate surface area is 163 Å². The number of benzene rings is 2. The molecular formula is C21H15BrFN3O. The van der Waals surface area contributed by atoms with Crippen molar-refractivity contribution in [1.29, 1.82) is 0 Å². The van der Waals surface area contributed by atoms with Gasteiger partial charge < -0.3 is 5.32 Å².